The van der Waals surface area contributed by atoms with Gasteiger partial charge in [0.1, 0.15) is 5.25 Å². The summed E-state index contributed by atoms with van der Waals surface area (Å²) in [5, 5.41) is -0.388. The average molecular weight is 396 g/mol. The van der Waals surface area contributed by atoms with Gasteiger partial charge < -0.3 is 0 Å². The number of hydrogen-bond donors (Lipinski definition) is 0. The number of benzene rings is 4. The highest BCUT2D eigenvalue weighted by atomic mass is 32.2. The minimum Gasteiger partial charge on any atom is -0.253 e. The molecule has 29 heavy (non-hydrogen) atoms. The van der Waals surface area contributed by atoms with Crippen LogP contribution in [0.25, 0.3) is 0 Å². The lowest BCUT2D eigenvalue weighted by molar-refractivity contribution is 0.680. The van der Waals surface area contributed by atoms with Crippen molar-refractivity contribution in [1.29, 1.82) is 0 Å². The quantitative estimate of drug-likeness (QED) is 0.349. The van der Waals surface area contributed by atoms with Crippen molar-refractivity contribution in [2.24, 2.45) is 4.99 Å². The molecule has 0 heterocycles. The normalized spacial score (nSPS) is 13.6. The summed E-state index contributed by atoms with van der Waals surface area (Å²) in [7, 11) is -1.31. The maximum atomic E-state index is 13.8. The second kappa shape index (κ2) is 9.26. The Hall–Kier alpha value is -3.30. The Morgan fingerprint density at radius 1 is 0.621 bits per heavy atom. The summed E-state index contributed by atoms with van der Waals surface area (Å²) in [6.07, 6.45) is 0. The summed E-state index contributed by atoms with van der Waals surface area (Å²) >= 11 is 0. The standard InChI is InChI=1S/C26H21NOS/c28-29(24-19-11-4-12-20-24)26(22-15-7-2-8-16-22)25(21-13-5-1-6-14-21)27-23-17-9-3-10-18-23/h1-20,26H. The van der Waals surface area contributed by atoms with Crippen molar-refractivity contribution in [1.82, 2.24) is 0 Å². The molecule has 0 aliphatic heterocycles. The first kappa shape index (κ1) is 19.0. The van der Waals surface area contributed by atoms with E-state index in [4.69, 9.17) is 4.99 Å². The molecule has 0 aliphatic carbocycles. The van der Waals surface area contributed by atoms with Gasteiger partial charge >= 0.3 is 0 Å². The molecule has 4 rings (SSSR count). The molecule has 0 saturated carbocycles. The maximum Gasteiger partial charge on any atom is 0.107 e. The van der Waals surface area contributed by atoms with E-state index in [1.54, 1.807) is 0 Å². The van der Waals surface area contributed by atoms with Crippen LogP contribution in [0.4, 0.5) is 5.69 Å². The lowest BCUT2D eigenvalue weighted by Gasteiger charge is -2.20. The molecule has 0 amide bonds. The van der Waals surface area contributed by atoms with Crippen molar-refractivity contribution in [3.05, 3.63) is 132 Å². The van der Waals surface area contributed by atoms with Crippen LogP contribution in [0.2, 0.25) is 0 Å². The molecule has 142 valence electrons. The fourth-order valence-corrected chi connectivity index (χ4v) is 4.72. The van der Waals surface area contributed by atoms with Crippen molar-refractivity contribution in [3.63, 3.8) is 0 Å². The number of hydrogen-bond acceptors (Lipinski definition) is 2. The second-order valence-electron chi connectivity index (χ2n) is 6.60. The van der Waals surface area contributed by atoms with E-state index in [1.807, 2.05) is 121 Å². The molecule has 0 N–H and O–H groups in total. The zero-order chi connectivity index (χ0) is 19.9. The van der Waals surface area contributed by atoms with E-state index in [2.05, 4.69) is 0 Å². The fraction of sp³-hybridized carbons (Fsp3) is 0.0385. The predicted octanol–water partition coefficient (Wildman–Crippen LogP) is 6.36. The number of rotatable bonds is 6. The van der Waals surface area contributed by atoms with Gasteiger partial charge in [-0.2, -0.15) is 0 Å². The highest BCUT2D eigenvalue weighted by Gasteiger charge is 2.27. The molecule has 2 nitrogen and oxygen atoms in total. The Kier molecular flexibility index (Phi) is 6.08. The van der Waals surface area contributed by atoms with Crippen molar-refractivity contribution >= 4 is 22.2 Å². The van der Waals surface area contributed by atoms with Crippen LogP contribution in [0.3, 0.4) is 0 Å². The first-order chi connectivity index (χ1) is 14.3. The molecule has 3 heteroatoms. The minimum atomic E-state index is -1.31. The first-order valence-electron chi connectivity index (χ1n) is 9.52. The molecular formula is C26H21NOS. The fourth-order valence-electron chi connectivity index (χ4n) is 3.23. The Labute approximate surface area is 174 Å². The molecule has 0 bridgehead atoms. The van der Waals surface area contributed by atoms with E-state index in [0.29, 0.717) is 0 Å². The van der Waals surface area contributed by atoms with E-state index < -0.39 is 10.8 Å². The summed E-state index contributed by atoms with van der Waals surface area (Å²) in [5.41, 5.74) is 3.59. The Morgan fingerprint density at radius 3 is 1.69 bits per heavy atom. The van der Waals surface area contributed by atoms with Crippen molar-refractivity contribution in [3.8, 4) is 0 Å². The summed E-state index contributed by atoms with van der Waals surface area (Å²) in [6.45, 7) is 0. The zero-order valence-corrected chi connectivity index (χ0v) is 16.7. The molecule has 2 atom stereocenters. The van der Waals surface area contributed by atoms with Gasteiger partial charge in [-0.3, -0.25) is 9.20 Å². The van der Waals surface area contributed by atoms with Gasteiger partial charge in [0.05, 0.1) is 22.2 Å². The van der Waals surface area contributed by atoms with Gasteiger partial charge in [-0.1, -0.05) is 97.1 Å². The van der Waals surface area contributed by atoms with Gasteiger partial charge in [-0.05, 0) is 35.4 Å². The van der Waals surface area contributed by atoms with E-state index in [1.165, 1.54) is 0 Å². The SMILES string of the molecule is O=S(c1ccccc1)C(C(=Nc1ccccc1)c1ccccc1)c1ccccc1. The average Bonchev–Trinajstić information content (AvgIpc) is 2.81. The first-order valence-corrected chi connectivity index (χ1v) is 10.7. The van der Waals surface area contributed by atoms with Crippen LogP contribution in [-0.4, -0.2) is 9.92 Å². The van der Waals surface area contributed by atoms with Crippen LogP contribution in [0.5, 0.6) is 0 Å². The van der Waals surface area contributed by atoms with Crippen molar-refractivity contribution in [2.75, 3.05) is 0 Å². The minimum absolute atomic E-state index is 0.388. The predicted molar refractivity (Wildman–Crippen MR) is 121 cm³/mol. The lowest BCUT2D eigenvalue weighted by Crippen LogP contribution is -2.19. The van der Waals surface area contributed by atoms with E-state index in [0.717, 1.165) is 27.4 Å². The summed E-state index contributed by atoms with van der Waals surface area (Å²) in [6, 6.07) is 39.4. The third kappa shape index (κ3) is 4.58. The van der Waals surface area contributed by atoms with Gasteiger partial charge in [0.2, 0.25) is 0 Å². The Morgan fingerprint density at radius 2 is 1.10 bits per heavy atom. The van der Waals surface area contributed by atoms with Crippen LogP contribution < -0.4 is 0 Å². The lowest BCUT2D eigenvalue weighted by atomic mass is 10.0. The monoisotopic (exact) mass is 395 g/mol. The van der Waals surface area contributed by atoms with Crippen LogP contribution in [-0.2, 0) is 10.8 Å². The Bertz CT molecular complexity index is 1090. The molecule has 0 spiro atoms. The highest BCUT2D eigenvalue weighted by molar-refractivity contribution is 7.86. The number of nitrogens with zero attached hydrogens (tertiary/aromatic N) is 1. The van der Waals surface area contributed by atoms with Gasteiger partial charge in [0, 0.05) is 4.90 Å². The van der Waals surface area contributed by atoms with Gasteiger partial charge in [-0.25, -0.2) is 0 Å². The maximum absolute atomic E-state index is 13.8. The third-order valence-corrected chi connectivity index (χ3v) is 6.28. The molecule has 2 unspecified atom stereocenters. The molecule has 0 aromatic heterocycles. The molecule has 0 saturated heterocycles. The smallest absolute Gasteiger partial charge is 0.107 e. The molecule has 0 radical (unpaired) electrons. The number of aliphatic imine (C=N–C) groups is 1. The Balaban J connectivity index is 1.91. The van der Waals surface area contributed by atoms with Crippen LogP contribution in [0.15, 0.2) is 131 Å². The van der Waals surface area contributed by atoms with E-state index in [-0.39, 0.29) is 5.25 Å². The molecule has 4 aromatic rings. The zero-order valence-electron chi connectivity index (χ0n) is 15.9. The molecule has 0 fully saturated rings. The highest BCUT2D eigenvalue weighted by Crippen LogP contribution is 2.31. The summed E-state index contributed by atoms with van der Waals surface area (Å²) in [5.74, 6) is 0. The largest absolute Gasteiger partial charge is 0.253 e. The van der Waals surface area contributed by atoms with Gasteiger partial charge in [0.15, 0.2) is 0 Å². The molecule has 0 aliphatic rings. The van der Waals surface area contributed by atoms with Crippen molar-refractivity contribution < 1.29 is 4.21 Å². The third-order valence-electron chi connectivity index (χ3n) is 4.62. The second-order valence-corrected chi connectivity index (χ2v) is 8.14. The topological polar surface area (TPSA) is 29.4 Å². The van der Waals surface area contributed by atoms with Crippen molar-refractivity contribution in [2.45, 2.75) is 10.1 Å². The molecule has 4 aromatic carbocycles. The summed E-state index contributed by atoms with van der Waals surface area (Å²) in [4.78, 5) is 5.77. The van der Waals surface area contributed by atoms with Crippen LogP contribution in [0.1, 0.15) is 16.4 Å². The number of para-hydroxylation sites is 1. The van der Waals surface area contributed by atoms with Crippen LogP contribution >= 0.6 is 0 Å². The summed E-state index contributed by atoms with van der Waals surface area (Å²) < 4.78 is 13.8. The van der Waals surface area contributed by atoms with Crippen LogP contribution in [0, 0.1) is 0 Å². The van der Waals surface area contributed by atoms with E-state index >= 15 is 0 Å². The van der Waals surface area contributed by atoms with Gasteiger partial charge in [0.25, 0.3) is 0 Å². The molecular weight excluding hydrogens is 374 g/mol. The van der Waals surface area contributed by atoms with E-state index in [9.17, 15) is 4.21 Å². The van der Waals surface area contributed by atoms with Gasteiger partial charge in [-0.15, -0.1) is 0 Å².